The summed E-state index contributed by atoms with van der Waals surface area (Å²) in [5.41, 5.74) is 1.62. The highest BCUT2D eigenvalue weighted by Crippen LogP contribution is 2.08. The summed E-state index contributed by atoms with van der Waals surface area (Å²) in [6.07, 6.45) is 2.37. The average molecular weight is 372 g/mol. The molecule has 6 nitrogen and oxygen atoms in total. The summed E-state index contributed by atoms with van der Waals surface area (Å²) in [6, 6.07) is 9.89. The Labute approximate surface area is 158 Å². The zero-order chi connectivity index (χ0) is 18.9. The molecule has 3 rings (SSSR count). The Kier molecular flexibility index (Phi) is 7.12. The van der Waals surface area contributed by atoms with E-state index in [1.165, 1.54) is 12.1 Å². The van der Waals surface area contributed by atoms with Crippen LogP contribution in [-0.2, 0) is 11.2 Å². The van der Waals surface area contributed by atoms with Crippen LogP contribution in [0.4, 0.5) is 10.2 Å². The molecule has 2 heterocycles. The van der Waals surface area contributed by atoms with Gasteiger partial charge in [0.05, 0.1) is 13.2 Å². The molecule has 1 aliphatic heterocycles. The number of nitrogens with zero attached hydrogens (tertiary/aromatic N) is 2. The number of ether oxygens (including phenoxy) is 1. The van der Waals surface area contributed by atoms with Gasteiger partial charge in [0.1, 0.15) is 11.6 Å². The molecule has 0 atom stereocenters. The van der Waals surface area contributed by atoms with Gasteiger partial charge >= 0.3 is 0 Å². The Balaban J connectivity index is 1.43. The van der Waals surface area contributed by atoms with Crippen molar-refractivity contribution in [2.24, 2.45) is 0 Å². The summed E-state index contributed by atoms with van der Waals surface area (Å²) < 4.78 is 18.2. The smallest absolute Gasteiger partial charge is 0.251 e. The summed E-state index contributed by atoms with van der Waals surface area (Å²) in [5, 5.41) is 6.15. The highest BCUT2D eigenvalue weighted by atomic mass is 19.1. The third kappa shape index (κ3) is 6.30. The average Bonchev–Trinajstić information content (AvgIpc) is 2.70. The summed E-state index contributed by atoms with van der Waals surface area (Å²) >= 11 is 0. The molecule has 0 saturated carbocycles. The number of halogens is 1. The van der Waals surface area contributed by atoms with Gasteiger partial charge in [0.2, 0.25) is 0 Å². The Morgan fingerprint density at radius 2 is 1.93 bits per heavy atom. The minimum absolute atomic E-state index is 0.104. The molecule has 0 spiro atoms. The van der Waals surface area contributed by atoms with Crippen molar-refractivity contribution in [3.05, 3.63) is 59.5 Å². The number of pyridine rings is 1. The Hall–Kier alpha value is -2.51. The molecule has 1 fully saturated rings. The zero-order valence-electron chi connectivity index (χ0n) is 15.3. The maximum absolute atomic E-state index is 12.9. The van der Waals surface area contributed by atoms with Crippen LogP contribution in [0.25, 0.3) is 0 Å². The minimum Gasteiger partial charge on any atom is -0.379 e. The van der Waals surface area contributed by atoms with Crippen LogP contribution in [0.3, 0.4) is 0 Å². The summed E-state index contributed by atoms with van der Waals surface area (Å²) in [4.78, 5) is 18.8. The molecular weight excluding hydrogens is 347 g/mol. The van der Waals surface area contributed by atoms with E-state index in [4.69, 9.17) is 4.74 Å². The third-order valence-corrected chi connectivity index (χ3v) is 4.47. The number of rotatable bonds is 8. The molecular formula is C20H25FN4O2. The van der Waals surface area contributed by atoms with Gasteiger partial charge in [-0.15, -0.1) is 0 Å². The number of benzene rings is 1. The van der Waals surface area contributed by atoms with Crippen molar-refractivity contribution in [2.75, 3.05) is 51.3 Å². The van der Waals surface area contributed by atoms with Gasteiger partial charge in [0, 0.05) is 44.5 Å². The normalized spacial score (nSPS) is 14.7. The molecule has 2 aromatic rings. The van der Waals surface area contributed by atoms with Crippen molar-refractivity contribution in [1.29, 1.82) is 0 Å². The van der Waals surface area contributed by atoms with Crippen molar-refractivity contribution in [1.82, 2.24) is 15.2 Å². The highest BCUT2D eigenvalue weighted by Gasteiger charge is 2.11. The van der Waals surface area contributed by atoms with Gasteiger partial charge in [0.15, 0.2) is 0 Å². The zero-order valence-corrected chi connectivity index (χ0v) is 15.3. The molecule has 1 saturated heterocycles. The van der Waals surface area contributed by atoms with Crippen molar-refractivity contribution in [3.8, 4) is 0 Å². The van der Waals surface area contributed by atoms with E-state index in [9.17, 15) is 9.18 Å². The van der Waals surface area contributed by atoms with E-state index in [0.717, 1.165) is 44.8 Å². The first-order valence-electron chi connectivity index (χ1n) is 9.23. The molecule has 1 aromatic carbocycles. The second-order valence-electron chi connectivity index (χ2n) is 6.44. The summed E-state index contributed by atoms with van der Waals surface area (Å²) in [5.74, 6) is 0.311. The van der Waals surface area contributed by atoms with E-state index in [1.54, 1.807) is 30.5 Å². The molecule has 0 radical (unpaired) electrons. The van der Waals surface area contributed by atoms with Crippen LogP contribution < -0.4 is 10.6 Å². The van der Waals surface area contributed by atoms with Gasteiger partial charge in [-0.3, -0.25) is 9.69 Å². The first kappa shape index (κ1) is 19.3. The second-order valence-corrected chi connectivity index (χ2v) is 6.44. The number of carbonyl (C=O) groups excluding carboxylic acids is 1. The molecule has 2 N–H and O–H groups in total. The molecule has 0 aliphatic carbocycles. The summed E-state index contributed by atoms with van der Waals surface area (Å²) in [7, 11) is 0. The van der Waals surface area contributed by atoms with E-state index >= 15 is 0 Å². The fourth-order valence-corrected chi connectivity index (χ4v) is 2.91. The number of amides is 1. The molecule has 27 heavy (non-hydrogen) atoms. The number of carbonyl (C=O) groups is 1. The van der Waals surface area contributed by atoms with Gasteiger partial charge in [-0.2, -0.15) is 0 Å². The third-order valence-electron chi connectivity index (χ3n) is 4.47. The van der Waals surface area contributed by atoms with Crippen LogP contribution in [0.2, 0.25) is 0 Å². The fraction of sp³-hybridized carbons (Fsp3) is 0.400. The molecule has 144 valence electrons. The fourth-order valence-electron chi connectivity index (χ4n) is 2.91. The number of aromatic nitrogens is 1. The molecule has 1 aliphatic rings. The van der Waals surface area contributed by atoms with E-state index in [1.807, 2.05) is 0 Å². The predicted molar refractivity (Wildman–Crippen MR) is 102 cm³/mol. The van der Waals surface area contributed by atoms with E-state index in [-0.39, 0.29) is 11.7 Å². The quantitative estimate of drug-likeness (QED) is 0.741. The number of hydrogen-bond acceptors (Lipinski definition) is 5. The van der Waals surface area contributed by atoms with Gasteiger partial charge in [-0.05, 0) is 36.2 Å². The lowest BCUT2D eigenvalue weighted by Crippen LogP contribution is -2.41. The first-order chi connectivity index (χ1) is 13.2. The maximum atomic E-state index is 12.9. The van der Waals surface area contributed by atoms with Crippen LogP contribution in [-0.4, -0.2) is 61.7 Å². The first-order valence-corrected chi connectivity index (χ1v) is 9.23. The van der Waals surface area contributed by atoms with Crippen LogP contribution in [0, 0.1) is 5.82 Å². The SMILES string of the molecule is O=C(NCCN1CCOCC1)c1ccnc(NCCc2ccc(F)cc2)c1. The standard InChI is InChI=1S/C20H25FN4O2/c21-18-3-1-16(2-4-18)5-7-22-19-15-17(6-8-23-19)20(26)24-9-10-25-11-13-27-14-12-25/h1-4,6,8,15H,5,7,9-14H2,(H,22,23)(H,24,26). The predicted octanol–water partition coefficient (Wildman–Crippen LogP) is 1.94. The topological polar surface area (TPSA) is 66.5 Å². The van der Waals surface area contributed by atoms with Crippen molar-refractivity contribution >= 4 is 11.7 Å². The molecule has 7 heteroatoms. The monoisotopic (exact) mass is 372 g/mol. The molecule has 1 amide bonds. The van der Waals surface area contributed by atoms with Crippen LogP contribution in [0.5, 0.6) is 0 Å². The van der Waals surface area contributed by atoms with E-state index < -0.39 is 0 Å². The molecule has 0 unspecified atom stereocenters. The Morgan fingerprint density at radius 1 is 1.15 bits per heavy atom. The lowest BCUT2D eigenvalue weighted by Gasteiger charge is -2.26. The van der Waals surface area contributed by atoms with Crippen LogP contribution >= 0.6 is 0 Å². The Bertz CT molecular complexity index is 733. The van der Waals surface area contributed by atoms with Gasteiger partial charge in [-0.25, -0.2) is 9.37 Å². The number of nitrogens with one attached hydrogen (secondary N) is 2. The number of hydrogen-bond donors (Lipinski definition) is 2. The van der Waals surface area contributed by atoms with Crippen LogP contribution in [0.1, 0.15) is 15.9 Å². The second kappa shape index (κ2) is 9.99. The highest BCUT2D eigenvalue weighted by molar-refractivity contribution is 5.94. The van der Waals surface area contributed by atoms with Crippen LogP contribution in [0.15, 0.2) is 42.6 Å². The van der Waals surface area contributed by atoms with Crippen molar-refractivity contribution in [2.45, 2.75) is 6.42 Å². The van der Waals surface area contributed by atoms with Crippen molar-refractivity contribution < 1.29 is 13.9 Å². The lowest BCUT2D eigenvalue weighted by molar-refractivity contribution is 0.0383. The minimum atomic E-state index is -0.235. The summed E-state index contributed by atoms with van der Waals surface area (Å²) in [6.45, 7) is 5.41. The van der Waals surface area contributed by atoms with Gasteiger partial charge < -0.3 is 15.4 Å². The maximum Gasteiger partial charge on any atom is 0.251 e. The lowest BCUT2D eigenvalue weighted by atomic mass is 10.1. The van der Waals surface area contributed by atoms with Crippen molar-refractivity contribution in [3.63, 3.8) is 0 Å². The number of anilines is 1. The Morgan fingerprint density at radius 3 is 2.70 bits per heavy atom. The largest absolute Gasteiger partial charge is 0.379 e. The van der Waals surface area contributed by atoms with E-state index in [0.29, 0.717) is 24.5 Å². The van der Waals surface area contributed by atoms with Gasteiger partial charge in [-0.1, -0.05) is 12.1 Å². The molecule has 0 bridgehead atoms. The van der Waals surface area contributed by atoms with E-state index in [2.05, 4.69) is 20.5 Å². The number of morpholine rings is 1. The molecule has 1 aromatic heterocycles. The van der Waals surface area contributed by atoms with Gasteiger partial charge in [0.25, 0.3) is 5.91 Å².